The summed E-state index contributed by atoms with van der Waals surface area (Å²) in [7, 11) is 0. The number of carboxylic acid groups (broad SMARTS) is 2. The number of hydrogen-bond donors (Lipinski definition) is 3. The number of ether oxygens (including phenoxy) is 1. The van der Waals surface area contributed by atoms with Crippen LogP contribution in [-0.4, -0.2) is 41.4 Å². The maximum absolute atomic E-state index is 10.3. The smallest absolute Gasteiger partial charge is 0.407 e. The van der Waals surface area contributed by atoms with Crippen molar-refractivity contribution in [3.63, 3.8) is 0 Å². The Kier molecular flexibility index (Phi) is 20.0. The lowest BCUT2D eigenvalue weighted by atomic mass is 10.7. The van der Waals surface area contributed by atoms with Gasteiger partial charge in [-0.25, -0.2) is 14.4 Å². The van der Waals surface area contributed by atoms with Crippen LogP contribution in [0, 0.1) is 0 Å². The van der Waals surface area contributed by atoms with Gasteiger partial charge in [-0.2, -0.15) is 0 Å². The van der Waals surface area contributed by atoms with Crippen LogP contribution in [0.2, 0.25) is 0 Å². The molecule has 0 aromatic heterocycles. The largest absolute Gasteiger partial charge is 0.478 e. The molecule has 0 bridgehead atoms. The van der Waals surface area contributed by atoms with E-state index in [1.54, 1.807) is 6.92 Å². The first kappa shape index (κ1) is 21.0. The van der Waals surface area contributed by atoms with Crippen molar-refractivity contribution in [2.45, 2.75) is 13.8 Å². The van der Waals surface area contributed by atoms with Crippen LogP contribution in [-0.2, 0) is 14.3 Å². The summed E-state index contributed by atoms with van der Waals surface area (Å²) in [6.45, 7) is 10.6. The Morgan fingerprint density at radius 2 is 1.44 bits per heavy atom. The van der Waals surface area contributed by atoms with E-state index >= 15 is 0 Å². The lowest BCUT2D eigenvalue weighted by Gasteiger charge is -1.99. The number of carbonyl (C=O) groups is 3. The molecular weight excluding hydrogens is 242 g/mol. The van der Waals surface area contributed by atoms with Crippen molar-refractivity contribution in [3.05, 3.63) is 25.3 Å². The van der Waals surface area contributed by atoms with E-state index < -0.39 is 11.9 Å². The quantitative estimate of drug-likeness (QED) is 0.657. The molecule has 18 heavy (non-hydrogen) atoms. The Bertz CT molecular complexity index is 249. The maximum Gasteiger partial charge on any atom is 0.407 e. The van der Waals surface area contributed by atoms with Crippen LogP contribution in [0.4, 0.5) is 4.79 Å². The first-order valence-electron chi connectivity index (χ1n) is 4.96. The molecule has 0 spiro atoms. The Labute approximate surface area is 106 Å². The van der Waals surface area contributed by atoms with Crippen molar-refractivity contribution in [1.29, 1.82) is 0 Å². The van der Waals surface area contributed by atoms with Crippen LogP contribution < -0.4 is 5.32 Å². The summed E-state index contributed by atoms with van der Waals surface area (Å²) in [6, 6.07) is 0. The lowest BCUT2D eigenvalue weighted by molar-refractivity contribution is -0.132. The van der Waals surface area contributed by atoms with Crippen molar-refractivity contribution in [1.82, 2.24) is 5.32 Å². The molecule has 0 rings (SSSR count). The van der Waals surface area contributed by atoms with Crippen LogP contribution >= 0.6 is 0 Å². The predicted molar refractivity (Wildman–Crippen MR) is 66.4 cm³/mol. The molecule has 7 nitrogen and oxygen atoms in total. The average molecular weight is 261 g/mol. The van der Waals surface area contributed by atoms with Gasteiger partial charge in [0.15, 0.2) is 0 Å². The minimum absolute atomic E-state index is 0.338. The van der Waals surface area contributed by atoms with E-state index in [2.05, 4.69) is 23.2 Å². The van der Waals surface area contributed by atoms with Gasteiger partial charge in [-0.05, 0) is 13.8 Å². The second kappa shape index (κ2) is 17.1. The molecule has 0 unspecified atom stereocenters. The number of rotatable bonds is 4. The molecule has 0 saturated carbocycles. The highest BCUT2D eigenvalue weighted by atomic mass is 16.5. The summed E-state index contributed by atoms with van der Waals surface area (Å²) in [4.78, 5) is 28.8. The SMILES string of the molecule is C=CC(=O)O.C=CC(=O)O.CCNC(=O)OCC. The van der Waals surface area contributed by atoms with E-state index in [-0.39, 0.29) is 6.09 Å². The molecule has 104 valence electrons. The number of amides is 1. The van der Waals surface area contributed by atoms with Crippen LogP contribution in [0.5, 0.6) is 0 Å². The van der Waals surface area contributed by atoms with Gasteiger partial charge in [0, 0.05) is 18.7 Å². The van der Waals surface area contributed by atoms with Crippen LogP contribution in [0.1, 0.15) is 13.8 Å². The molecule has 0 atom stereocenters. The Balaban J connectivity index is -0.000000197. The van der Waals surface area contributed by atoms with Gasteiger partial charge in [0.2, 0.25) is 0 Å². The van der Waals surface area contributed by atoms with Gasteiger partial charge in [0.1, 0.15) is 0 Å². The molecular formula is C11H19NO6. The van der Waals surface area contributed by atoms with E-state index in [0.717, 1.165) is 12.2 Å². The zero-order chi connectivity index (χ0) is 15.0. The van der Waals surface area contributed by atoms with Crippen LogP contribution in [0.25, 0.3) is 0 Å². The molecule has 3 N–H and O–H groups in total. The number of carboxylic acids is 2. The van der Waals surface area contributed by atoms with Crippen molar-refractivity contribution in [3.8, 4) is 0 Å². The predicted octanol–water partition coefficient (Wildman–Crippen LogP) is 1.27. The highest BCUT2D eigenvalue weighted by molar-refractivity contribution is 5.79. The fraction of sp³-hybridized carbons (Fsp3) is 0.364. The van der Waals surface area contributed by atoms with E-state index in [1.807, 2.05) is 6.92 Å². The first-order valence-corrected chi connectivity index (χ1v) is 4.96. The molecule has 0 aliphatic heterocycles. The summed E-state index contributed by atoms with van der Waals surface area (Å²) < 4.78 is 4.53. The molecule has 0 aliphatic rings. The fourth-order valence-electron chi connectivity index (χ4n) is 0.326. The second-order valence-electron chi connectivity index (χ2n) is 2.34. The van der Waals surface area contributed by atoms with E-state index in [9.17, 15) is 14.4 Å². The van der Waals surface area contributed by atoms with Crippen LogP contribution in [0.3, 0.4) is 0 Å². The van der Waals surface area contributed by atoms with Crippen molar-refractivity contribution in [2.75, 3.05) is 13.2 Å². The number of aliphatic carboxylic acids is 2. The van der Waals surface area contributed by atoms with Crippen molar-refractivity contribution < 1.29 is 29.3 Å². The van der Waals surface area contributed by atoms with E-state index in [0.29, 0.717) is 13.2 Å². The molecule has 0 fully saturated rings. The summed E-state index contributed by atoms with van der Waals surface area (Å²) in [5.41, 5.74) is 0. The summed E-state index contributed by atoms with van der Waals surface area (Å²) in [5.74, 6) is -1.96. The fourth-order valence-corrected chi connectivity index (χ4v) is 0.326. The highest BCUT2D eigenvalue weighted by Gasteiger charge is 1.92. The van der Waals surface area contributed by atoms with Gasteiger partial charge >= 0.3 is 18.0 Å². The van der Waals surface area contributed by atoms with Crippen molar-refractivity contribution in [2.24, 2.45) is 0 Å². The van der Waals surface area contributed by atoms with Gasteiger partial charge in [0.05, 0.1) is 6.61 Å². The number of alkyl carbamates (subject to hydrolysis) is 1. The summed E-state index contributed by atoms with van der Waals surface area (Å²) >= 11 is 0. The van der Waals surface area contributed by atoms with Gasteiger partial charge in [-0.3, -0.25) is 0 Å². The molecule has 7 heteroatoms. The monoisotopic (exact) mass is 261 g/mol. The maximum atomic E-state index is 10.3. The third kappa shape index (κ3) is 37.3. The molecule has 0 radical (unpaired) electrons. The summed E-state index contributed by atoms with van der Waals surface area (Å²) in [6.07, 6.45) is 1.33. The van der Waals surface area contributed by atoms with E-state index in [1.165, 1.54) is 0 Å². The third-order valence-electron chi connectivity index (χ3n) is 0.946. The molecule has 1 amide bonds. The zero-order valence-corrected chi connectivity index (χ0v) is 10.5. The number of carbonyl (C=O) groups excluding carboxylic acids is 1. The standard InChI is InChI=1S/C5H11NO2.2C3H4O2/c1-3-6-5(7)8-4-2;2*1-2-3(4)5/h3-4H2,1-2H3,(H,6,7);2*2H,1H2,(H,4,5). The van der Waals surface area contributed by atoms with Gasteiger partial charge in [-0.1, -0.05) is 13.2 Å². The summed E-state index contributed by atoms with van der Waals surface area (Å²) in [5, 5.41) is 17.7. The topological polar surface area (TPSA) is 113 Å². The normalized spacial score (nSPS) is 7.22. The highest BCUT2D eigenvalue weighted by Crippen LogP contribution is 1.72. The second-order valence-corrected chi connectivity index (χ2v) is 2.34. The van der Waals surface area contributed by atoms with E-state index in [4.69, 9.17) is 10.2 Å². The first-order chi connectivity index (χ1) is 8.35. The molecule has 0 aliphatic carbocycles. The molecule has 0 aromatic carbocycles. The number of hydrogen-bond acceptors (Lipinski definition) is 4. The van der Waals surface area contributed by atoms with Crippen LogP contribution in [0.15, 0.2) is 25.3 Å². The third-order valence-corrected chi connectivity index (χ3v) is 0.946. The molecule has 0 saturated heterocycles. The van der Waals surface area contributed by atoms with Gasteiger partial charge in [-0.15, -0.1) is 0 Å². The Hall–Kier alpha value is -2.31. The Morgan fingerprint density at radius 1 is 1.11 bits per heavy atom. The Morgan fingerprint density at radius 3 is 1.61 bits per heavy atom. The number of nitrogens with one attached hydrogen (secondary N) is 1. The minimum atomic E-state index is -0.981. The lowest BCUT2D eigenvalue weighted by Crippen LogP contribution is -2.23. The average Bonchev–Trinajstić information content (AvgIpc) is 2.31. The zero-order valence-electron chi connectivity index (χ0n) is 10.5. The van der Waals surface area contributed by atoms with Gasteiger partial charge < -0.3 is 20.3 Å². The minimum Gasteiger partial charge on any atom is -0.478 e. The van der Waals surface area contributed by atoms with Gasteiger partial charge in [0.25, 0.3) is 0 Å². The van der Waals surface area contributed by atoms with Crippen molar-refractivity contribution >= 4 is 18.0 Å². The molecule has 0 heterocycles. The molecule has 0 aromatic rings.